The van der Waals surface area contributed by atoms with Crippen LogP contribution in [0.25, 0.3) is 0 Å². The van der Waals surface area contributed by atoms with E-state index in [4.69, 9.17) is 9.47 Å². The molecule has 1 aliphatic heterocycles. The highest BCUT2D eigenvalue weighted by Crippen LogP contribution is 2.15. The molecule has 6 heteroatoms. The maximum absolute atomic E-state index is 5.45. The fraction of sp³-hybridized carbons (Fsp3) is 0.800. The minimum absolute atomic E-state index is 0.272. The van der Waals surface area contributed by atoms with Crippen molar-refractivity contribution in [3.63, 3.8) is 0 Å². The van der Waals surface area contributed by atoms with E-state index < -0.39 is 0 Å². The van der Waals surface area contributed by atoms with Crippen LogP contribution in [0.4, 0.5) is 0 Å². The van der Waals surface area contributed by atoms with Gasteiger partial charge in [0.05, 0.1) is 19.3 Å². The summed E-state index contributed by atoms with van der Waals surface area (Å²) in [5, 5.41) is 11.7. The lowest BCUT2D eigenvalue weighted by atomic mass is 10.2. The third-order valence-corrected chi connectivity index (χ3v) is 2.69. The highest BCUT2D eigenvalue weighted by atomic mass is 16.5. The first-order chi connectivity index (χ1) is 7.83. The molecule has 16 heavy (non-hydrogen) atoms. The number of nitrogens with zero attached hydrogens (tertiary/aromatic N) is 3. The zero-order valence-electron chi connectivity index (χ0n) is 9.77. The Labute approximate surface area is 94.9 Å². The Balaban J connectivity index is 1.95. The summed E-state index contributed by atoms with van der Waals surface area (Å²) in [6.45, 7) is 5.66. The number of methoxy groups -OCH3 is 1. The molecule has 2 heterocycles. The van der Waals surface area contributed by atoms with Crippen molar-refractivity contribution in [2.24, 2.45) is 0 Å². The van der Waals surface area contributed by atoms with Gasteiger partial charge in [-0.2, -0.15) is 0 Å². The number of aromatic nitrogens is 3. The molecule has 0 saturated heterocycles. The molecular formula is C10H18N4O2. The lowest BCUT2D eigenvalue weighted by Crippen LogP contribution is -2.32. The van der Waals surface area contributed by atoms with Gasteiger partial charge in [0.15, 0.2) is 5.82 Å². The molecular weight excluding hydrogens is 208 g/mol. The largest absolute Gasteiger partial charge is 0.382 e. The van der Waals surface area contributed by atoms with E-state index in [-0.39, 0.29) is 6.04 Å². The second-order valence-corrected chi connectivity index (χ2v) is 3.85. The normalized spacial score (nSPS) is 19.8. The van der Waals surface area contributed by atoms with Crippen LogP contribution in [0.15, 0.2) is 0 Å². The summed E-state index contributed by atoms with van der Waals surface area (Å²) < 4.78 is 12.5. The van der Waals surface area contributed by atoms with E-state index in [2.05, 4.69) is 27.0 Å². The van der Waals surface area contributed by atoms with E-state index in [0.717, 1.165) is 24.7 Å². The summed E-state index contributed by atoms with van der Waals surface area (Å²) in [7, 11) is 1.66. The molecule has 0 spiro atoms. The average molecular weight is 226 g/mol. The Morgan fingerprint density at radius 1 is 1.44 bits per heavy atom. The standard InChI is InChI=1S/C10H18N4O2/c1-8-10-13-12-9(7-16-6-5-15-2)14(10)4-3-11-8/h8,11H,3-7H2,1-2H3. The van der Waals surface area contributed by atoms with Crippen molar-refractivity contribution < 1.29 is 9.47 Å². The SMILES string of the molecule is COCCOCc1nnc2n1CCNC2C. The molecule has 1 atom stereocenters. The van der Waals surface area contributed by atoms with Crippen LogP contribution in [-0.2, 0) is 22.6 Å². The van der Waals surface area contributed by atoms with Gasteiger partial charge in [0.2, 0.25) is 0 Å². The fourth-order valence-corrected chi connectivity index (χ4v) is 1.81. The Morgan fingerprint density at radius 3 is 3.12 bits per heavy atom. The summed E-state index contributed by atoms with van der Waals surface area (Å²) in [5.74, 6) is 1.90. The van der Waals surface area contributed by atoms with Crippen LogP contribution in [0.3, 0.4) is 0 Å². The van der Waals surface area contributed by atoms with Crippen molar-refractivity contribution in [2.75, 3.05) is 26.9 Å². The van der Waals surface area contributed by atoms with Crippen molar-refractivity contribution in [1.29, 1.82) is 0 Å². The van der Waals surface area contributed by atoms with E-state index in [1.54, 1.807) is 7.11 Å². The van der Waals surface area contributed by atoms with E-state index in [1.807, 2.05) is 0 Å². The molecule has 6 nitrogen and oxygen atoms in total. The number of hydrogen-bond acceptors (Lipinski definition) is 5. The molecule has 1 aromatic heterocycles. The van der Waals surface area contributed by atoms with Gasteiger partial charge in [-0.1, -0.05) is 0 Å². The Morgan fingerprint density at radius 2 is 2.31 bits per heavy atom. The third kappa shape index (κ3) is 2.40. The van der Waals surface area contributed by atoms with Gasteiger partial charge in [-0.3, -0.25) is 0 Å². The van der Waals surface area contributed by atoms with Gasteiger partial charge in [-0.15, -0.1) is 10.2 Å². The second-order valence-electron chi connectivity index (χ2n) is 3.85. The lowest BCUT2D eigenvalue weighted by molar-refractivity contribution is 0.0569. The quantitative estimate of drug-likeness (QED) is 0.722. The number of ether oxygens (including phenoxy) is 2. The van der Waals surface area contributed by atoms with Gasteiger partial charge in [0.1, 0.15) is 12.4 Å². The van der Waals surface area contributed by atoms with Crippen molar-refractivity contribution in [2.45, 2.75) is 26.1 Å². The molecule has 1 aliphatic rings. The minimum atomic E-state index is 0.272. The summed E-state index contributed by atoms with van der Waals surface area (Å²) >= 11 is 0. The minimum Gasteiger partial charge on any atom is -0.382 e. The average Bonchev–Trinajstić information content (AvgIpc) is 2.70. The van der Waals surface area contributed by atoms with Gasteiger partial charge in [-0.25, -0.2) is 0 Å². The van der Waals surface area contributed by atoms with Crippen molar-refractivity contribution >= 4 is 0 Å². The highest BCUT2D eigenvalue weighted by Gasteiger charge is 2.20. The van der Waals surface area contributed by atoms with Crippen LogP contribution < -0.4 is 5.32 Å². The predicted octanol–water partition coefficient (Wildman–Crippen LogP) is 0.105. The van der Waals surface area contributed by atoms with E-state index in [0.29, 0.717) is 19.8 Å². The van der Waals surface area contributed by atoms with Crippen LogP contribution in [0, 0.1) is 0 Å². The number of nitrogens with one attached hydrogen (secondary N) is 1. The van der Waals surface area contributed by atoms with Crippen LogP contribution in [0.5, 0.6) is 0 Å². The maximum Gasteiger partial charge on any atom is 0.159 e. The monoisotopic (exact) mass is 226 g/mol. The van der Waals surface area contributed by atoms with Crippen molar-refractivity contribution in [3.8, 4) is 0 Å². The van der Waals surface area contributed by atoms with Crippen LogP contribution in [0.2, 0.25) is 0 Å². The molecule has 0 aromatic carbocycles. The fourth-order valence-electron chi connectivity index (χ4n) is 1.81. The van der Waals surface area contributed by atoms with Gasteiger partial charge >= 0.3 is 0 Å². The van der Waals surface area contributed by atoms with Crippen LogP contribution in [-0.4, -0.2) is 41.6 Å². The zero-order valence-corrected chi connectivity index (χ0v) is 9.77. The number of rotatable bonds is 5. The highest BCUT2D eigenvalue weighted by molar-refractivity contribution is 5.02. The summed E-state index contributed by atoms with van der Waals surface area (Å²) in [6.07, 6.45) is 0. The van der Waals surface area contributed by atoms with Gasteiger partial charge in [-0.05, 0) is 6.92 Å². The third-order valence-electron chi connectivity index (χ3n) is 2.69. The molecule has 0 saturated carbocycles. The molecule has 0 radical (unpaired) electrons. The molecule has 2 rings (SSSR count). The molecule has 0 amide bonds. The topological polar surface area (TPSA) is 61.2 Å². The smallest absolute Gasteiger partial charge is 0.159 e. The predicted molar refractivity (Wildman–Crippen MR) is 58.0 cm³/mol. The van der Waals surface area contributed by atoms with Crippen LogP contribution in [0.1, 0.15) is 24.6 Å². The van der Waals surface area contributed by atoms with Crippen molar-refractivity contribution in [1.82, 2.24) is 20.1 Å². The molecule has 1 N–H and O–H groups in total. The lowest BCUT2D eigenvalue weighted by Gasteiger charge is -2.21. The van der Waals surface area contributed by atoms with Crippen molar-refractivity contribution in [3.05, 3.63) is 11.6 Å². The summed E-state index contributed by atoms with van der Waals surface area (Å²) in [5.41, 5.74) is 0. The second kappa shape index (κ2) is 5.38. The molecule has 1 aromatic rings. The molecule has 0 aliphatic carbocycles. The molecule has 90 valence electrons. The van der Waals surface area contributed by atoms with Gasteiger partial charge in [0.25, 0.3) is 0 Å². The molecule has 0 bridgehead atoms. The maximum atomic E-state index is 5.45. The molecule has 0 fully saturated rings. The van der Waals surface area contributed by atoms with E-state index in [1.165, 1.54) is 0 Å². The van der Waals surface area contributed by atoms with E-state index in [9.17, 15) is 0 Å². The van der Waals surface area contributed by atoms with Gasteiger partial charge < -0.3 is 19.4 Å². The zero-order chi connectivity index (χ0) is 11.4. The van der Waals surface area contributed by atoms with Crippen LogP contribution >= 0.6 is 0 Å². The first kappa shape index (κ1) is 11.5. The first-order valence-corrected chi connectivity index (χ1v) is 5.55. The Hall–Kier alpha value is -0.980. The van der Waals surface area contributed by atoms with E-state index >= 15 is 0 Å². The number of hydrogen-bond donors (Lipinski definition) is 1. The van der Waals surface area contributed by atoms with Gasteiger partial charge in [0, 0.05) is 20.2 Å². The Kier molecular flexibility index (Phi) is 3.87. The summed E-state index contributed by atoms with van der Waals surface area (Å²) in [4.78, 5) is 0. The Bertz CT molecular complexity index is 340. The first-order valence-electron chi connectivity index (χ1n) is 5.55. The molecule has 1 unspecified atom stereocenters. The summed E-state index contributed by atoms with van der Waals surface area (Å²) in [6, 6.07) is 0.272. The number of fused-ring (bicyclic) bond motifs is 1.